The molecule has 18 heavy (non-hydrogen) atoms. The number of aryl methyl sites for hydroxylation is 1. The summed E-state index contributed by atoms with van der Waals surface area (Å²) in [7, 11) is 0. The van der Waals surface area contributed by atoms with Gasteiger partial charge in [-0.2, -0.15) is 0 Å². The van der Waals surface area contributed by atoms with Crippen molar-refractivity contribution in [3.8, 4) is 0 Å². The summed E-state index contributed by atoms with van der Waals surface area (Å²) >= 11 is 3.05. The van der Waals surface area contributed by atoms with Crippen molar-refractivity contribution < 1.29 is 9.18 Å². The van der Waals surface area contributed by atoms with Crippen molar-refractivity contribution in [3.05, 3.63) is 58.1 Å². The highest BCUT2D eigenvalue weighted by molar-refractivity contribution is 9.10. The smallest absolute Gasteiger partial charge is 0.256 e. The first kappa shape index (κ1) is 12.7. The van der Waals surface area contributed by atoms with Gasteiger partial charge in [-0.3, -0.25) is 9.78 Å². The minimum atomic E-state index is -0.468. The summed E-state index contributed by atoms with van der Waals surface area (Å²) in [5.41, 5.74) is 1.68. The van der Waals surface area contributed by atoms with Crippen LogP contribution >= 0.6 is 15.9 Å². The van der Waals surface area contributed by atoms with E-state index in [0.717, 1.165) is 5.69 Å². The molecule has 1 heterocycles. The largest absolute Gasteiger partial charge is 0.321 e. The molecule has 0 saturated carbocycles. The lowest BCUT2D eigenvalue weighted by atomic mass is 10.2. The Hall–Kier alpha value is -1.75. The molecule has 0 fully saturated rings. The van der Waals surface area contributed by atoms with Crippen LogP contribution in [0.2, 0.25) is 0 Å². The van der Waals surface area contributed by atoms with E-state index >= 15 is 0 Å². The van der Waals surface area contributed by atoms with Crippen LogP contribution in [0, 0.1) is 12.7 Å². The maximum atomic E-state index is 13.3. The van der Waals surface area contributed by atoms with Crippen molar-refractivity contribution in [2.75, 3.05) is 5.32 Å². The molecule has 2 aromatic rings. The molecule has 0 aliphatic carbocycles. The molecule has 3 nitrogen and oxygen atoms in total. The highest BCUT2D eigenvalue weighted by atomic mass is 79.9. The number of hydrogen-bond acceptors (Lipinski definition) is 2. The number of amides is 1. The quantitative estimate of drug-likeness (QED) is 0.922. The Morgan fingerprint density at radius 1 is 1.33 bits per heavy atom. The number of benzene rings is 1. The molecule has 92 valence electrons. The maximum absolute atomic E-state index is 13.3. The van der Waals surface area contributed by atoms with Gasteiger partial charge in [-0.15, -0.1) is 0 Å². The predicted molar refractivity (Wildman–Crippen MR) is 71.0 cm³/mol. The lowest BCUT2D eigenvalue weighted by Gasteiger charge is -2.07. The lowest BCUT2D eigenvalue weighted by molar-refractivity contribution is 0.102. The summed E-state index contributed by atoms with van der Waals surface area (Å²) in [6, 6.07) is 7.85. The van der Waals surface area contributed by atoms with Gasteiger partial charge in [-0.1, -0.05) is 6.07 Å². The number of rotatable bonds is 2. The van der Waals surface area contributed by atoms with Crippen molar-refractivity contribution in [3.63, 3.8) is 0 Å². The van der Waals surface area contributed by atoms with Crippen LogP contribution in [0.1, 0.15) is 16.1 Å². The first-order valence-electron chi connectivity index (χ1n) is 5.26. The van der Waals surface area contributed by atoms with E-state index in [4.69, 9.17) is 0 Å². The Kier molecular flexibility index (Phi) is 3.72. The number of nitrogens with zero attached hydrogens (tertiary/aromatic N) is 1. The molecule has 2 rings (SSSR count). The van der Waals surface area contributed by atoms with E-state index in [1.165, 1.54) is 12.1 Å². The van der Waals surface area contributed by atoms with Gasteiger partial charge in [-0.05, 0) is 47.1 Å². The molecule has 1 aromatic heterocycles. The van der Waals surface area contributed by atoms with Crippen LogP contribution in [-0.4, -0.2) is 10.9 Å². The second kappa shape index (κ2) is 5.27. The molecular weight excluding hydrogens is 299 g/mol. The molecule has 0 spiro atoms. The van der Waals surface area contributed by atoms with E-state index in [-0.39, 0.29) is 15.9 Å². The number of hydrogen-bond donors (Lipinski definition) is 1. The van der Waals surface area contributed by atoms with Gasteiger partial charge in [0.15, 0.2) is 0 Å². The van der Waals surface area contributed by atoms with Crippen LogP contribution in [-0.2, 0) is 0 Å². The van der Waals surface area contributed by atoms with Crippen LogP contribution in [0.5, 0.6) is 0 Å². The molecule has 1 aromatic carbocycles. The number of halogens is 2. The van der Waals surface area contributed by atoms with E-state index in [0.29, 0.717) is 5.69 Å². The first-order valence-corrected chi connectivity index (χ1v) is 6.05. The lowest BCUT2D eigenvalue weighted by Crippen LogP contribution is -2.13. The third kappa shape index (κ3) is 2.73. The zero-order chi connectivity index (χ0) is 13.1. The Morgan fingerprint density at radius 2 is 2.11 bits per heavy atom. The molecule has 0 aliphatic rings. The minimum absolute atomic E-state index is 0.155. The maximum Gasteiger partial charge on any atom is 0.256 e. The number of pyridine rings is 1. The van der Waals surface area contributed by atoms with E-state index in [9.17, 15) is 9.18 Å². The molecule has 0 aliphatic heterocycles. The van der Waals surface area contributed by atoms with Crippen LogP contribution < -0.4 is 5.32 Å². The average Bonchev–Trinajstić information content (AvgIpc) is 2.35. The molecule has 5 heteroatoms. The third-order valence-electron chi connectivity index (χ3n) is 2.37. The van der Waals surface area contributed by atoms with Crippen LogP contribution in [0.4, 0.5) is 10.1 Å². The first-order chi connectivity index (χ1) is 8.58. The fourth-order valence-electron chi connectivity index (χ4n) is 1.42. The molecule has 1 amide bonds. The Morgan fingerprint density at radius 3 is 2.78 bits per heavy atom. The van der Waals surface area contributed by atoms with E-state index in [2.05, 4.69) is 26.2 Å². The van der Waals surface area contributed by atoms with E-state index < -0.39 is 5.82 Å². The highest BCUT2D eigenvalue weighted by Gasteiger charge is 2.13. The van der Waals surface area contributed by atoms with Gasteiger partial charge >= 0.3 is 0 Å². The van der Waals surface area contributed by atoms with Crippen molar-refractivity contribution in [1.82, 2.24) is 4.98 Å². The van der Waals surface area contributed by atoms with Gasteiger partial charge in [0.2, 0.25) is 0 Å². The Bertz CT molecular complexity index is 584. The van der Waals surface area contributed by atoms with E-state index in [1.54, 1.807) is 24.4 Å². The number of carbonyl (C=O) groups is 1. The average molecular weight is 309 g/mol. The molecular formula is C13H10BrFN2O. The fraction of sp³-hybridized carbons (Fsp3) is 0.0769. The van der Waals surface area contributed by atoms with Gasteiger partial charge in [0, 0.05) is 5.69 Å². The van der Waals surface area contributed by atoms with Crippen LogP contribution in [0.25, 0.3) is 0 Å². The van der Waals surface area contributed by atoms with Crippen LogP contribution in [0.3, 0.4) is 0 Å². The minimum Gasteiger partial charge on any atom is -0.321 e. The summed E-state index contributed by atoms with van der Waals surface area (Å²) in [6.45, 7) is 1.86. The molecule has 0 unspecified atom stereocenters. The predicted octanol–water partition coefficient (Wildman–Crippen LogP) is 3.54. The number of nitrogens with one attached hydrogen (secondary N) is 1. The van der Waals surface area contributed by atoms with Crippen molar-refractivity contribution in [1.29, 1.82) is 0 Å². The molecule has 0 saturated heterocycles. The Balaban J connectivity index is 2.22. The van der Waals surface area contributed by atoms with Crippen molar-refractivity contribution >= 4 is 27.5 Å². The van der Waals surface area contributed by atoms with Crippen molar-refractivity contribution in [2.24, 2.45) is 0 Å². The third-order valence-corrected chi connectivity index (χ3v) is 3.17. The Labute approximate surface area is 112 Å². The van der Waals surface area contributed by atoms with Gasteiger partial charge in [-0.25, -0.2) is 4.39 Å². The zero-order valence-corrected chi connectivity index (χ0v) is 11.2. The molecule has 0 atom stereocenters. The number of anilines is 1. The fourth-order valence-corrected chi connectivity index (χ4v) is 1.86. The standard InChI is InChI=1S/C13H10BrFN2O/c1-8-5-6-9(7-16-8)17-13(18)10-3-2-4-11(15)12(10)14/h2-7H,1H3,(H,17,18). The SMILES string of the molecule is Cc1ccc(NC(=O)c2cccc(F)c2Br)cn1. The van der Waals surface area contributed by atoms with Gasteiger partial charge < -0.3 is 5.32 Å². The molecule has 1 N–H and O–H groups in total. The monoisotopic (exact) mass is 308 g/mol. The second-order valence-electron chi connectivity index (χ2n) is 3.74. The zero-order valence-electron chi connectivity index (χ0n) is 9.58. The highest BCUT2D eigenvalue weighted by Crippen LogP contribution is 2.21. The summed E-state index contributed by atoms with van der Waals surface area (Å²) in [6.07, 6.45) is 1.56. The summed E-state index contributed by atoms with van der Waals surface area (Å²) in [4.78, 5) is 16.0. The van der Waals surface area contributed by atoms with Crippen molar-refractivity contribution in [2.45, 2.75) is 6.92 Å². The molecule has 0 bridgehead atoms. The van der Waals surface area contributed by atoms with Gasteiger partial charge in [0.1, 0.15) is 5.82 Å². The van der Waals surface area contributed by atoms with Crippen LogP contribution in [0.15, 0.2) is 41.0 Å². The summed E-state index contributed by atoms with van der Waals surface area (Å²) in [5, 5.41) is 2.66. The number of aromatic nitrogens is 1. The van der Waals surface area contributed by atoms with E-state index in [1.807, 2.05) is 6.92 Å². The normalized spacial score (nSPS) is 10.2. The van der Waals surface area contributed by atoms with Gasteiger partial charge in [0.05, 0.1) is 21.9 Å². The number of carbonyl (C=O) groups excluding carboxylic acids is 1. The second-order valence-corrected chi connectivity index (χ2v) is 4.54. The topological polar surface area (TPSA) is 42.0 Å². The summed E-state index contributed by atoms with van der Waals surface area (Å²) < 4.78 is 13.4. The van der Waals surface area contributed by atoms with Gasteiger partial charge in [0.25, 0.3) is 5.91 Å². The summed E-state index contributed by atoms with van der Waals surface area (Å²) in [5.74, 6) is -0.850. The molecule has 0 radical (unpaired) electrons.